The number of methoxy groups -OCH3 is 1. The quantitative estimate of drug-likeness (QED) is 0.245. The van der Waals surface area contributed by atoms with Crippen LogP contribution < -0.4 is 15.4 Å². The van der Waals surface area contributed by atoms with Crippen molar-refractivity contribution >= 4 is 29.9 Å². The number of aliphatic hydroxyl groups is 1. The minimum Gasteiger partial charge on any atom is -0.494 e. The Labute approximate surface area is 213 Å². The number of benzene rings is 2. The number of nitrogens with one attached hydrogen (secondary N) is 2. The summed E-state index contributed by atoms with van der Waals surface area (Å²) < 4.78 is 18.9. The molecule has 182 valence electrons. The van der Waals surface area contributed by atoms with Crippen molar-refractivity contribution in [1.82, 2.24) is 15.5 Å². The number of ether oxygens (including phenoxy) is 1. The Kier molecular flexibility index (Phi) is 11.9. The van der Waals surface area contributed by atoms with Gasteiger partial charge in [-0.25, -0.2) is 4.39 Å². The molecule has 0 amide bonds. The van der Waals surface area contributed by atoms with Gasteiger partial charge in [0, 0.05) is 38.6 Å². The minimum atomic E-state index is -0.514. The van der Waals surface area contributed by atoms with Crippen LogP contribution in [0, 0.1) is 5.82 Å². The molecule has 1 unspecified atom stereocenters. The van der Waals surface area contributed by atoms with Gasteiger partial charge in [-0.2, -0.15) is 0 Å². The molecule has 2 aromatic carbocycles. The smallest absolute Gasteiger partial charge is 0.191 e. The molecule has 3 rings (SSSR count). The molecule has 0 radical (unpaired) electrons. The van der Waals surface area contributed by atoms with Crippen molar-refractivity contribution in [3.05, 3.63) is 65.5 Å². The highest BCUT2D eigenvalue weighted by Crippen LogP contribution is 2.20. The molecule has 1 atom stereocenters. The number of aliphatic imine (C=N–C) groups is 1. The first kappa shape index (κ1) is 27.3. The summed E-state index contributed by atoms with van der Waals surface area (Å²) in [7, 11) is 1.48. The van der Waals surface area contributed by atoms with Gasteiger partial charge < -0.3 is 20.5 Å². The molecular weight excluding hydrogens is 534 g/mol. The monoisotopic (exact) mass is 570 g/mol. The molecule has 0 aliphatic carbocycles. The molecule has 3 N–H and O–H groups in total. The van der Waals surface area contributed by atoms with Crippen LogP contribution in [0.4, 0.5) is 4.39 Å². The van der Waals surface area contributed by atoms with E-state index in [2.05, 4.69) is 20.5 Å². The molecule has 0 spiro atoms. The summed E-state index contributed by atoms with van der Waals surface area (Å²) in [5.41, 5.74) is 2.06. The third-order valence-corrected chi connectivity index (χ3v) is 5.67. The molecule has 2 aromatic rings. The van der Waals surface area contributed by atoms with Gasteiger partial charge in [0.25, 0.3) is 0 Å². The number of guanidine groups is 1. The van der Waals surface area contributed by atoms with E-state index in [-0.39, 0.29) is 35.5 Å². The molecular formula is C25H36FIN4O2. The van der Waals surface area contributed by atoms with E-state index in [0.29, 0.717) is 19.0 Å². The lowest BCUT2D eigenvalue weighted by atomic mass is 10.0. The van der Waals surface area contributed by atoms with E-state index in [1.165, 1.54) is 7.11 Å². The highest BCUT2D eigenvalue weighted by Gasteiger charge is 2.20. The first-order valence-corrected chi connectivity index (χ1v) is 11.4. The van der Waals surface area contributed by atoms with Gasteiger partial charge in [0.1, 0.15) is 0 Å². The van der Waals surface area contributed by atoms with Gasteiger partial charge in [-0.05, 0) is 43.0 Å². The van der Waals surface area contributed by atoms with Crippen LogP contribution in [0.25, 0.3) is 0 Å². The van der Waals surface area contributed by atoms with Crippen molar-refractivity contribution < 1.29 is 14.2 Å². The highest BCUT2D eigenvalue weighted by molar-refractivity contribution is 14.0. The second-order valence-corrected chi connectivity index (χ2v) is 8.23. The first-order valence-electron chi connectivity index (χ1n) is 11.4. The fourth-order valence-electron chi connectivity index (χ4n) is 3.96. The van der Waals surface area contributed by atoms with Crippen molar-refractivity contribution in [2.24, 2.45) is 4.99 Å². The largest absolute Gasteiger partial charge is 0.494 e. The normalized spacial score (nSPS) is 16.1. The molecule has 6 nitrogen and oxygen atoms in total. The Balaban J connectivity index is 0.00000385. The van der Waals surface area contributed by atoms with E-state index in [4.69, 9.17) is 4.74 Å². The Hall–Kier alpha value is -1.91. The lowest BCUT2D eigenvalue weighted by molar-refractivity contribution is 0.183. The zero-order valence-corrected chi connectivity index (χ0v) is 21.8. The average molecular weight is 570 g/mol. The molecule has 0 bridgehead atoms. The molecule has 8 heteroatoms. The lowest BCUT2D eigenvalue weighted by Gasteiger charge is -2.33. The van der Waals surface area contributed by atoms with Crippen LogP contribution in [0.15, 0.2) is 53.5 Å². The van der Waals surface area contributed by atoms with Crippen molar-refractivity contribution in [1.29, 1.82) is 0 Å². The van der Waals surface area contributed by atoms with Crippen molar-refractivity contribution in [3.63, 3.8) is 0 Å². The Bertz CT molecular complexity index is 861. The molecule has 0 aromatic heterocycles. The maximum atomic E-state index is 13.9. The summed E-state index contributed by atoms with van der Waals surface area (Å²) in [5.74, 6) is 0.707. The number of nitrogens with zero attached hydrogens (tertiary/aromatic N) is 2. The maximum Gasteiger partial charge on any atom is 0.191 e. The summed E-state index contributed by atoms with van der Waals surface area (Å²) >= 11 is 0. The lowest BCUT2D eigenvalue weighted by Crippen LogP contribution is -2.48. The molecule has 0 saturated carbocycles. The standard InChI is InChI=1S/C25H35FN4O2.HI/c1-3-27-25(28-17-22(31)15-19-7-5-4-6-8-19)29-21-11-13-30(14-12-21)18-20-9-10-24(32-2)23(26)16-20;/h4-10,16,21-22,31H,3,11-15,17-18H2,1-2H3,(H2,27,28,29);1H. The summed E-state index contributed by atoms with van der Waals surface area (Å²) in [4.78, 5) is 6.93. The SMILES string of the molecule is CCNC(=NCC(O)Cc1ccccc1)NC1CCN(Cc2ccc(OC)c(F)c2)CC1.I. The van der Waals surface area contributed by atoms with Gasteiger partial charge in [-0.3, -0.25) is 9.89 Å². The van der Waals surface area contributed by atoms with Crippen LogP contribution in [0.5, 0.6) is 5.75 Å². The van der Waals surface area contributed by atoms with Crippen LogP contribution in [0.3, 0.4) is 0 Å². The number of piperidine rings is 1. The molecule has 1 aliphatic rings. The summed E-state index contributed by atoms with van der Waals surface area (Å²) in [6, 6.07) is 15.5. The summed E-state index contributed by atoms with van der Waals surface area (Å²) in [6.07, 6.45) is 2.04. The van der Waals surface area contributed by atoms with Crippen LogP contribution in [-0.2, 0) is 13.0 Å². The van der Waals surface area contributed by atoms with E-state index in [9.17, 15) is 9.50 Å². The third kappa shape index (κ3) is 9.10. The zero-order valence-electron chi connectivity index (χ0n) is 19.5. The summed E-state index contributed by atoms with van der Waals surface area (Å²) in [6.45, 7) is 5.75. The van der Waals surface area contributed by atoms with E-state index in [1.54, 1.807) is 12.1 Å². The number of rotatable bonds is 9. The fourth-order valence-corrected chi connectivity index (χ4v) is 3.96. The highest BCUT2D eigenvalue weighted by atomic mass is 127. The van der Waals surface area contributed by atoms with Crippen LogP contribution in [-0.4, -0.2) is 61.4 Å². The predicted molar refractivity (Wildman–Crippen MR) is 142 cm³/mol. The fraction of sp³-hybridized carbons (Fsp3) is 0.480. The Morgan fingerprint density at radius 2 is 1.91 bits per heavy atom. The van der Waals surface area contributed by atoms with Crippen molar-refractivity contribution in [2.75, 3.05) is 33.3 Å². The van der Waals surface area contributed by atoms with Gasteiger partial charge in [0.2, 0.25) is 0 Å². The van der Waals surface area contributed by atoms with Gasteiger partial charge >= 0.3 is 0 Å². The second-order valence-electron chi connectivity index (χ2n) is 8.23. The topological polar surface area (TPSA) is 69.1 Å². The van der Waals surface area contributed by atoms with Gasteiger partial charge in [-0.15, -0.1) is 24.0 Å². The van der Waals surface area contributed by atoms with Crippen LogP contribution >= 0.6 is 24.0 Å². The minimum absolute atomic E-state index is 0. The number of halogens is 2. The molecule has 1 heterocycles. The molecule has 33 heavy (non-hydrogen) atoms. The predicted octanol–water partition coefficient (Wildman–Crippen LogP) is 3.58. The molecule has 1 fully saturated rings. The number of aliphatic hydroxyl groups excluding tert-OH is 1. The number of hydrogen-bond acceptors (Lipinski definition) is 4. The molecule has 1 saturated heterocycles. The Morgan fingerprint density at radius 1 is 1.18 bits per heavy atom. The molecule has 1 aliphatic heterocycles. The zero-order chi connectivity index (χ0) is 22.8. The third-order valence-electron chi connectivity index (χ3n) is 5.67. The van der Waals surface area contributed by atoms with Crippen LogP contribution in [0.1, 0.15) is 30.9 Å². The first-order chi connectivity index (χ1) is 15.6. The van der Waals surface area contributed by atoms with E-state index < -0.39 is 6.10 Å². The number of likely N-dealkylation sites (tertiary alicyclic amines) is 1. The summed E-state index contributed by atoms with van der Waals surface area (Å²) in [5, 5.41) is 17.1. The van der Waals surface area contributed by atoms with Crippen molar-refractivity contribution in [2.45, 2.75) is 44.9 Å². The maximum absolute atomic E-state index is 13.9. The average Bonchev–Trinajstić information content (AvgIpc) is 2.80. The number of hydrogen-bond donors (Lipinski definition) is 3. The van der Waals surface area contributed by atoms with Crippen molar-refractivity contribution in [3.8, 4) is 5.75 Å². The van der Waals surface area contributed by atoms with E-state index >= 15 is 0 Å². The van der Waals surface area contributed by atoms with Gasteiger partial charge in [0.05, 0.1) is 19.8 Å². The van der Waals surface area contributed by atoms with Gasteiger partial charge in [-0.1, -0.05) is 36.4 Å². The van der Waals surface area contributed by atoms with E-state index in [0.717, 1.165) is 56.1 Å². The van der Waals surface area contributed by atoms with Crippen LogP contribution in [0.2, 0.25) is 0 Å². The van der Waals surface area contributed by atoms with E-state index in [1.807, 2.05) is 43.3 Å². The Morgan fingerprint density at radius 3 is 2.55 bits per heavy atom. The van der Waals surface area contributed by atoms with Gasteiger partial charge in [0.15, 0.2) is 17.5 Å². The second kappa shape index (κ2) is 14.4.